The molecular formula is C20H18B2Br2F4N2O2. The molecule has 2 atom stereocenters. The van der Waals surface area contributed by atoms with Crippen LogP contribution in [0.25, 0.3) is 0 Å². The second-order valence-corrected chi connectivity index (χ2v) is 8.93. The molecule has 0 bridgehead atoms. The maximum absolute atomic E-state index is 12.7. The van der Waals surface area contributed by atoms with Gasteiger partial charge in [0.25, 0.3) is 0 Å². The van der Waals surface area contributed by atoms with Crippen molar-refractivity contribution in [2.24, 2.45) is 9.98 Å². The van der Waals surface area contributed by atoms with E-state index < -0.39 is 14.9 Å². The standard InChI is InChI=1S/C20H18B2Br2F4N2O2/c23-15-5-7-19(31-21(25)26)13(9-15)11-29-17-3-1-2-4-18(17)30-12-14-10-16(24)6-8-20(14)32-22(27)28/h5-12,17-18H,1-4H2/t17-,18-/m1/s1. The maximum Gasteiger partial charge on any atom is 0.796 e. The molecule has 168 valence electrons. The van der Waals surface area contributed by atoms with Gasteiger partial charge in [0.15, 0.2) is 0 Å². The zero-order valence-corrected chi connectivity index (χ0v) is 19.9. The molecule has 0 amide bonds. The molecule has 0 heterocycles. The summed E-state index contributed by atoms with van der Waals surface area (Å²) in [6.07, 6.45) is 6.51. The minimum absolute atomic E-state index is 0.0331. The van der Waals surface area contributed by atoms with Crippen LogP contribution < -0.4 is 9.31 Å². The number of hydrogen-bond donors (Lipinski definition) is 0. The fourth-order valence-electron chi connectivity index (χ4n) is 3.44. The molecule has 0 aromatic heterocycles. The van der Waals surface area contributed by atoms with Crippen molar-refractivity contribution in [3.63, 3.8) is 0 Å². The lowest BCUT2D eigenvalue weighted by Crippen LogP contribution is -2.27. The van der Waals surface area contributed by atoms with Crippen LogP contribution in [0.2, 0.25) is 0 Å². The maximum atomic E-state index is 12.7. The molecule has 32 heavy (non-hydrogen) atoms. The van der Waals surface area contributed by atoms with Crippen LogP contribution >= 0.6 is 31.9 Å². The Balaban J connectivity index is 1.81. The third-order valence-electron chi connectivity index (χ3n) is 4.88. The van der Waals surface area contributed by atoms with E-state index in [1.807, 2.05) is 0 Å². The number of halogens is 6. The van der Waals surface area contributed by atoms with Crippen LogP contribution in [0, 0.1) is 0 Å². The van der Waals surface area contributed by atoms with Gasteiger partial charge in [-0.2, -0.15) is 0 Å². The third kappa shape index (κ3) is 7.37. The zero-order chi connectivity index (χ0) is 23.1. The lowest BCUT2D eigenvalue weighted by Gasteiger charge is -2.25. The number of aliphatic imine (C=N–C) groups is 2. The predicted octanol–water partition coefficient (Wildman–Crippen LogP) is 6.67. The van der Waals surface area contributed by atoms with E-state index in [0.29, 0.717) is 20.1 Å². The van der Waals surface area contributed by atoms with Crippen LogP contribution in [0.5, 0.6) is 11.5 Å². The van der Waals surface area contributed by atoms with Crippen molar-refractivity contribution in [1.82, 2.24) is 0 Å². The Morgan fingerprint density at radius 1 is 0.750 bits per heavy atom. The second-order valence-electron chi connectivity index (χ2n) is 7.10. The van der Waals surface area contributed by atoms with E-state index in [0.717, 1.165) is 25.7 Å². The van der Waals surface area contributed by atoms with Gasteiger partial charge in [0.05, 0.1) is 12.1 Å². The third-order valence-corrected chi connectivity index (χ3v) is 5.87. The highest BCUT2D eigenvalue weighted by molar-refractivity contribution is 9.10. The molecule has 1 aliphatic carbocycles. The minimum atomic E-state index is -2.94. The van der Waals surface area contributed by atoms with E-state index in [1.54, 1.807) is 24.3 Å². The molecule has 0 unspecified atom stereocenters. The highest BCUT2D eigenvalue weighted by atomic mass is 79.9. The van der Waals surface area contributed by atoms with E-state index in [-0.39, 0.29) is 23.6 Å². The summed E-state index contributed by atoms with van der Waals surface area (Å²) in [5.41, 5.74) is 0.847. The molecule has 0 saturated heterocycles. The highest BCUT2D eigenvalue weighted by Crippen LogP contribution is 2.28. The molecular weight excluding hydrogens is 558 g/mol. The minimum Gasteiger partial charge on any atom is -0.505 e. The normalized spacial score (nSPS) is 18.8. The Kier molecular flexibility index (Phi) is 9.22. The van der Waals surface area contributed by atoms with Crippen molar-refractivity contribution in [3.05, 3.63) is 56.5 Å². The first-order valence-electron chi connectivity index (χ1n) is 9.87. The topological polar surface area (TPSA) is 43.2 Å². The molecule has 12 heteroatoms. The smallest absolute Gasteiger partial charge is 0.505 e. The average Bonchev–Trinajstić information content (AvgIpc) is 2.74. The van der Waals surface area contributed by atoms with E-state index in [2.05, 4.69) is 51.2 Å². The Morgan fingerprint density at radius 2 is 1.16 bits per heavy atom. The number of benzene rings is 2. The Labute approximate surface area is 201 Å². The first-order chi connectivity index (χ1) is 15.3. The van der Waals surface area contributed by atoms with Crippen molar-refractivity contribution < 1.29 is 26.6 Å². The van der Waals surface area contributed by atoms with Gasteiger partial charge >= 0.3 is 14.9 Å². The molecule has 4 nitrogen and oxygen atoms in total. The molecule has 1 aliphatic rings. The van der Waals surface area contributed by atoms with Gasteiger partial charge in [-0.25, -0.2) is 17.3 Å². The number of nitrogens with zero attached hydrogens (tertiary/aromatic N) is 2. The van der Waals surface area contributed by atoms with E-state index in [1.165, 1.54) is 24.6 Å². The fourth-order valence-corrected chi connectivity index (χ4v) is 4.20. The SMILES string of the molecule is FB(F)Oc1ccc(Br)cc1C=N[C@@H]1CCCC[C@H]1N=Cc1cc(Br)ccc1OB(F)F. The summed E-state index contributed by atoms with van der Waals surface area (Å²) in [4.78, 5) is 9.20. The molecule has 1 saturated carbocycles. The van der Waals surface area contributed by atoms with Gasteiger partial charge in [0, 0.05) is 32.5 Å². The molecule has 3 rings (SSSR count). The van der Waals surface area contributed by atoms with Crippen LogP contribution in [-0.4, -0.2) is 39.5 Å². The Hall–Kier alpha value is -1.81. The van der Waals surface area contributed by atoms with Crippen LogP contribution in [-0.2, 0) is 0 Å². The van der Waals surface area contributed by atoms with Crippen molar-refractivity contribution in [2.75, 3.05) is 0 Å². The fraction of sp³-hybridized carbons (Fsp3) is 0.300. The summed E-state index contributed by atoms with van der Waals surface area (Å²) < 4.78 is 61.4. The summed E-state index contributed by atoms with van der Waals surface area (Å²) in [6, 6.07) is 9.07. The first-order valence-corrected chi connectivity index (χ1v) is 11.5. The van der Waals surface area contributed by atoms with Crippen molar-refractivity contribution in [1.29, 1.82) is 0 Å². The molecule has 2 aromatic carbocycles. The monoisotopic (exact) mass is 574 g/mol. The Morgan fingerprint density at radius 3 is 1.53 bits per heavy atom. The van der Waals surface area contributed by atoms with Crippen molar-refractivity contribution in [3.8, 4) is 11.5 Å². The summed E-state index contributed by atoms with van der Waals surface area (Å²) in [6.45, 7) is 0. The van der Waals surface area contributed by atoms with Gasteiger partial charge < -0.3 is 9.31 Å². The summed E-state index contributed by atoms with van der Waals surface area (Å²) in [5.74, 6) is 0.0662. The molecule has 0 radical (unpaired) electrons. The van der Waals surface area contributed by atoms with Gasteiger partial charge in [-0.1, -0.05) is 44.7 Å². The lowest BCUT2D eigenvalue weighted by atomic mass is 9.91. The van der Waals surface area contributed by atoms with Crippen LogP contribution in [0.15, 0.2) is 55.3 Å². The number of hydrogen-bond acceptors (Lipinski definition) is 4. The largest absolute Gasteiger partial charge is 0.796 e. The Bertz CT molecular complexity index is 905. The van der Waals surface area contributed by atoms with Crippen LogP contribution in [0.4, 0.5) is 17.3 Å². The predicted molar refractivity (Wildman–Crippen MR) is 127 cm³/mol. The summed E-state index contributed by atoms with van der Waals surface area (Å²) in [5, 5.41) is 0. The van der Waals surface area contributed by atoms with E-state index in [4.69, 9.17) is 0 Å². The van der Waals surface area contributed by atoms with Gasteiger partial charge in [-0.15, -0.1) is 0 Å². The van der Waals surface area contributed by atoms with Gasteiger partial charge in [-0.3, -0.25) is 9.98 Å². The molecule has 1 fully saturated rings. The van der Waals surface area contributed by atoms with Crippen molar-refractivity contribution in [2.45, 2.75) is 37.8 Å². The van der Waals surface area contributed by atoms with Crippen LogP contribution in [0.3, 0.4) is 0 Å². The van der Waals surface area contributed by atoms with Crippen LogP contribution in [0.1, 0.15) is 36.8 Å². The number of rotatable bonds is 8. The molecule has 0 spiro atoms. The molecule has 0 N–H and O–H groups in total. The lowest BCUT2D eigenvalue weighted by molar-refractivity contribution is 0.390. The first kappa shape index (κ1) is 24.8. The summed E-state index contributed by atoms with van der Waals surface area (Å²) >= 11 is 6.65. The van der Waals surface area contributed by atoms with Gasteiger partial charge in [-0.05, 0) is 49.2 Å². The van der Waals surface area contributed by atoms with Crippen molar-refractivity contribution >= 4 is 59.2 Å². The van der Waals surface area contributed by atoms with E-state index in [9.17, 15) is 17.3 Å². The zero-order valence-electron chi connectivity index (χ0n) is 16.7. The van der Waals surface area contributed by atoms with Gasteiger partial charge in [0.1, 0.15) is 11.5 Å². The second kappa shape index (κ2) is 11.9. The van der Waals surface area contributed by atoms with Gasteiger partial charge in [0.2, 0.25) is 0 Å². The quantitative estimate of drug-likeness (QED) is 0.201. The summed E-state index contributed by atoms with van der Waals surface area (Å²) in [7, 11) is -5.88. The van der Waals surface area contributed by atoms with E-state index >= 15 is 0 Å². The highest BCUT2D eigenvalue weighted by Gasteiger charge is 2.25. The average molecular weight is 576 g/mol. The molecule has 2 aromatic rings. The molecule has 0 aliphatic heterocycles.